The Morgan fingerprint density at radius 2 is 0.833 bits per heavy atom. The van der Waals surface area contributed by atoms with Gasteiger partial charge >= 0.3 is 23.2 Å². The van der Waals surface area contributed by atoms with E-state index in [2.05, 4.69) is 0 Å². The van der Waals surface area contributed by atoms with Gasteiger partial charge in [0.25, 0.3) is 0 Å². The van der Waals surface area contributed by atoms with E-state index < -0.39 is 0 Å². The van der Waals surface area contributed by atoms with Gasteiger partial charge in [0.05, 0.1) is 0 Å². The molecule has 0 aliphatic carbocycles. The first kappa shape index (κ1) is 43.2. The monoisotopic (exact) mass is 432 g/mol. The molecular weight excluding hydrogens is 431 g/mol. The zero-order valence-corrected chi connectivity index (χ0v) is 10.4. The molecule has 44 valence electrons. The Kier molecular flexibility index (Phi) is 447. The Morgan fingerprint density at radius 3 is 0.833 bits per heavy atom. The summed E-state index contributed by atoms with van der Waals surface area (Å²) in [5, 5.41) is 0. The Hall–Kier alpha value is 2.03. The minimum absolute atomic E-state index is 0. The van der Waals surface area contributed by atoms with E-state index in [0.29, 0.717) is 19.8 Å². The van der Waals surface area contributed by atoms with E-state index in [-0.39, 0.29) is 58.8 Å². The van der Waals surface area contributed by atoms with Crippen molar-refractivity contribution < 1.29 is 23.2 Å². The Bertz CT molecular complexity index is 11.5. The molecule has 6 heteroatoms. The second-order valence-corrected chi connectivity index (χ2v) is 0. The first-order valence-corrected chi connectivity index (χ1v) is 1.36. The number of halogens is 4. The third-order valence-corrected chi connectivity index (χ3v) is 0. The van der Waals surface area contributed by atoms with Crippen LogP contribution in [0.25, 0.3) is 0 Å². The maximum atomic E-state index is 8.33. The second kappa shape index (κ2) is 62.1. The number of rotatable bonds is 0. The van der Waals surface area contributed by atoms with Gasteiger partial charge in [-0.25, -0.2) is 0 Å². The van der Waals surface area contributed by atoms with Crippen molar-refractivity contribution in [1.82, 2.24) is 0 Å². The summed E-state index contributed by atoms with van der Waals surface area (Å²) in [6.07, 6.45) is 0. The molecule has 0 unspecified atom stereocenters. The molecule has 6 heavy (non-hydrogen) atoms. The van der Waals surface area contributed by atoms with Gasteiger partial charge in [0.15, 0.2) is 0 Å². The van der Waals surface area contributed by atoms with Gasteiger partial charge in [0.2, 0.25) is 0 Å². The predicted molar refractivity (Wildman–Crippen MR) is 35.8 cm³/mol. The molecule has 0 bridgehead atoms. The van der Waals surface area contributed by atoms with Gasteiger partial charge in [-0.3, -0.25) is 0 Å². The molecule has 0 heterocycles. The Labute approximate surface area is 81.2 Å². The van der Waals surface area contributed by atoms with Gasteiger partial charge in [0.1, 0.15) is 0 Å². The summed E-state index contributed by atoms with van der Waals surface area (Å²) in [6.45, 7) is 0. The zero-order valence-electron chi connectivity index (χ0n) is 2.45. The fourth-order valence-electron chi connectivity index (χ4n) is 0. The van der Waals surface area contributed by atoms with Crippen LogP contribution < -0.4 is 0 Å². The van der Waals surface area contributed by atoms with Crippen LogP contribution in [0.2, 0.25) is 0 Å². The van der Waals surface area contributed by atoms with E-state index in [0.717, 1.165) is 0 Å². The van der Waals surface area contributed by atoms with Crippen LogP contribution in [0.3, 0.4) is 0 Å². The average molecular weight is 435 g/mol. The molecule has 0 fully saturated rings. The first-order chi connectivity index (χ1) is 1.00. The van der Waals surface area contributed by atoms with E-state index in [4.69, 9.17) is 3.40 Å². The zero-order chi connectivity index (χ0) is 2.00. The number of hydrogen-bond acceptors (Lipinski definition) is 1. The van der Waals surface area contributed by atoms with E-state index in [9.17, 15) is 0 Å². The van der Waals surface area contributed by atoms with E-state index >= 15 is 0 Å². The minimum atomic E-state index is 0. The standard InChI is InChI=1S/2BrH.2ClH.O.W/h4*1H;;. The molecule has 0 aliphatic rings. The van der Waals surface area contributed by atoms with Crippen LogP contribution in [-0.4, -0.2) is 0 Å². The topological polar surface area (TPSA) is 17.1 Å². The van der Waals surface area contributed by atoms with Crippen LogP contribution in [0, 0.1) is 0 Å². The van der Waals surface area contributed by atoms with Gasteiger partial charge in [-0.15, -0.1) is 58.8 Å². The van der Waals surface area contributed by atoms with Gasteiger partial charge in [-0.2, -0.15) is 0 Å². The van der Waals surface area contributed by atoms with E-state index in [1.54, 1.807) is 0 Å². The van der Waals surface area contributed by atoms with Crippen molar-refractivity contribution in [3.63, 3.8) is 0 Å². The third-order valence-electron chi connectivity index (χ3n) is 0. The van der Waals surface area contributed by atoms with Crippen molar-refractivity contribution in [3.05, 3.63) is 0 Å². The predicted octanol–water partition coefficient (Wildman–Crippen LogP) is 1.88. The van der Waals surface area contributed by atoms with Crippen LogP contribution in [0.1, 0.15) is 0 Å². The normalized spacial score (nSPS) is 0.667. The first-order valence-electron chi connectivity index (χ1n) is 0.167. The molecule has 1 nitrogen and oxygen atoms in total. The Morgan fingerprint density at radius 1 is 0.833 bits per heavy atom. The molecule has 0 rings (SSSR count). The van der Waals surface area contributed by atoms with Crippen molar-refractivity contribution in [1.29, 1.82) is 0 Å². The fraction of sp³-hybridized carbons (Fsp3) is 0. The Balaban J connectivity index is -0.000000000833. The molecule has 0 radical (unpaired) electrons. The quantitative estimate of drug-likeness (QED) is 0.569. The molecule has 0 saturated carbocycles. The van der Waals surface area contributed by atoms with Gasteiger partial charge in [-0.05, 0) is 0 Å². The molecule has 0 aromatic heterocycles. The summed E-state index contributed by atoms with van der Waals surface area (Å²) in [5.74, 6) is 0. The molecule has 0 aliphatic heterocycles. The van der Waals surface area contributed by atoms with Crippen molar-refractivity contribution in [2.45, 2.75) is 0 Å². The molecule has 0 atom stereocenters. The van der Waals surface area contributed by atoms with E-state index in [1.165, 1.54) is 0 Å². The summed E-state index contributed by atoms with van der Waals surface area (Å²) in [5.41, 5.74) is 0. The van der Waals surface area contributed by atoms with Crippen LogP contribution in [-0.2, 0) is 23.2 Å². The van der Waals surface area contributed by atoms with Crippen LogP contribution in [0.5, 0.6) is 0 Å². The molecule has 0 aromatic carbocycles. The second-order valence-electron chi connectivity index (χ2n) is 0. The summed E-state index contributed by atoms with van der Waals surface area (Å²) in [6, 6.07) is 0. The molecule has 0 amide bonds. The third kappa shape index (κ3) is 37.0. The molecule has 0 saturated heterocycles. The average Bonchev–Trinajstić information content (AvgIpc) is 1.00. The maximum absolute atomic E-state index is 8.33. The fourth-order valence-corrected chi connectivity index (χ4v) is 0. The summed E-state index contributed by atoms with van der Waals surface area (Å²) in [4.78, 5) is 0. The molecule has 0 spiro atoms. The summed E-state index contributed by atoms with van der Waals surface area (Å²) >= 11 is 0.333. The van der Waals surface area contributed by atoms with Crippen LogP contribution in [0.4, 0.5) is 0 Å². The van der Waals surface area contributed by atoms with Crippen molar-refractivity contribution >= 4 is 58.8 Å². The SMILES string of the molecule is Br.Br.Cl.Cl.[O]=[W]. The molecule has 0 aromatic rings. The number of hydrogen-bond donors (Lipinski definition) is 0. The van der Waals surface area contributed by atoms with Gasteiger partial charge in [-0.1, -0.05) is 0 Å². The van der Waals surface area contributed by atoms with Crippen molar-refractivity contribution in [3.8, 4) is 0 Å². The van der Waals surface area contributed by atoms with Crippen molar-refractivity contribution in [2.24, 2.45) is 0 Å². The van der Waals surface area contributed by atoms with Crippen LogP contribution >= 0.6 is 58.8 Å². The van der Waals surface area contributed by atoms with Crippen LogP contribution in [0.15, 0.2) is 0 Å². The van der Waals surface area contributed by atoms with E-state index in [1.807, 2.05) is 0 Å². The summed E-state index contributed by atoms with van der Waals surface area (Å²) < 4.78 is 8.33. The molecular formula is H4Br2Cl2OW. The van der Waals surface area contributed by atoms with Gasteiger partial charge < -0.3 is 0 Å². The summed E-state index contributed by atoms with van der Waals surface area (Å²) in [7, 11) is 0. The van der Waals surface area contributed by atoms with Crippen molar-refractivity contribution in [2.75, 3.05) is 0 Å². The van der Waals surface area contributed by atoms with Gasteiger partial charge in [0, 0.05) is 0 Å². The molecule has 0 N–H and O–H groups in total.